The summed E-state index contributed by atoms with van der Waals surface area (Å²) >= 11 is 0. The lowest BCUT2D eigenvalue weighted by Gasteiger charge is -2.23. The highest BCUT2D eigenvalue weighted by Crippen LogP contribution is 2.06. The van der Waals surface area contributed by atoms with Gasteiger partial charge in [-0.25, -0.2) is 5.43 Å². The Labute approximate surface area is 66.9 Å². The molecule has 63 valence electrons. The van der Waals surface area contributed by atoms with Crippen LogP contribution in [0.1, 0.15) is 6.42 Å². The standard InChI is InChI=1S/C7H14N3O/c1-10(2)7(11)6-3-4-8-9-5-6/h6,9H,3-5H2,1-2H3. The zero-order valence-corrected chi connectivity index (χ0v) is 7.00. The van der Waals surface area contributed by atoms with Crippen LogP contribution in [0.2, 0.25) is 0 Å². The third-order valence-electron chi connectivity index (χ3n) is 1.83. The fourth-order valence-electron chi connectivity index (χ4n) is 1.15. The van der Waals surface area contributed by atoms with E-state index in [9.17, 15) is 4.79 Å². The second-order valence-electron chi connectivity index (χ2n) is 2.96. The second-order valence-corrected chi connectivity index (χ2v) is 2.96. The average Bonchev–Trinajstić information content (AvgIpc) is 2.05. The molecule has 1 heterocycles. The largest absolute Gasteiger partial charge is 0.349 e. The Bertz CT molecular complexity index is 141. The summed E-state index contributed by atoms with van der Waals surface area (Å²) in [6, 6.07) is 0. The van der Waals surface area contributed by atoms with Crippen molar-refractivity contribution in [2.45, 2.75) is 6.42 Å². The molecule has 0 aliphatic carbocycles. The molecule has 0 bridgehead atoms. The van der Waals surface area contributed by atoms with Crippen molar-refractivity contribution in [3.63, 3.8) is 0 Å². The van der Waals surface area contributed by atoms with Crippen molar-refractivity contribution in [1.29, 1.82) is 0 Å². The average molecular weight is 156 g/mol. The molecule has 4 nitrogen and oxygen atoms in total. The van der Waals surface area contributed by atoms with Crippen LogP contribution in [0.25, 0.3) is 0 Å². The van der Waals surface area contributed by atoms with Crippen molar-refractivity contribution in [1.82, 2.24) is 15.8 Å². The fraction of sp³-hybridized carbons (Fsp3) is 0.857. The first-order valence-electron chi connectivity index (χ1n) is 3.82. The Hall–Kier alpha value is -0.610. The normalized spacial score (nSPS) is 24.7. The Kier molecular flexibility index (Phi) is 2.84. The van der Waals surface area contributed by atoms with Crippen LogP contribution in [0.15, 0.2) is 0 Å². The first kappa shape index (κ1) is 8.49. The third-order valence-corrected chi connectivity index (χ3v) is 1.83. The number of nitrogens with one attached hydrogen (secondary N) is 1. The van der Waals surface area contributed by atoms with Gasteiger partial charge in [0.05, 0.1) is 5.92 Å². The van der Waals surface area contributed by atoms with Gasteiger partial charge in [-0.1, -0.05) is 0 Å². The van der Waals surface area contributed by atoms with Gasteiger partial charge >= 0.3 is 0 Å². The maximum atomic E-state index is 11.3. The smallest absolute Gasteiger partial charge is 0.226 e. The van der Waals surface area contributed by atoms with Crippen LogP contribution in [0.3, 0.4) is 0 Å². The van der Waals surface area contributed by atoms with E-state index in [1.54, 1.807) is 19.0 Å². The van der Waals surface area contributed by atoms with E-state index in [1.165, 1.54) is 0 Å². The van der Waals surface area contributed by atoms with Gasteiger partial charge in [-0.15, -0.1) is 0 Å². The molecule has 11 heavy (non-hydrogen) atoms. The molecule has 1 rings (SSSR count). The maximum Gasteiger partial charge on any atom is 0.226 e. The molecule has 1 aliphatic heterocycles. The lowest BCUT2D eigenvalue weighted by atomic mass is 10.0. The van der Waals surface area contributed by atoms with E-state index in [0.29, 0.717) is 6.54 Å². The predicted octanol–water partition coefficient (Wildman–Crippen LogP) is -0.796. The van der Waals surface area contributed by atoms with Gasteiger partial charge < -0.3 is 4.90 Å². The van der Waals surface area contributed by atoms with Gasteiger partial charge in [-0.2, -0.15) is 5.43 Å². The summed E-state index contributed by atoms with van der Waals surface area (Å²) in [5.74, 6) is 0.329. The van der Waals surface area contributed by atoms with E-state index in [0.717, 1.165) is 13.0 Å². The Morgan fingerprint density at radius 2 is 2.36 bits per heavy atom. The number of nitrogens with zero attached hydrogens (tertiary/aromatic N) is 2. The number of carbonyl (C=O) groups is 1. The van der Waals surface area contributed by atoms with Crippen molar-refractivity contribution >= 4 is 5.91 Å². The van der Waals surface area contributed by atoms with Crippen LogP contribution in [0.5, 0.6) is 0 Å². The quantitative estimate of drug-likeness (QED) is 0.540. The van der Waals surface area contributed by atoms with E-state index in [2.05, 4.69) is 10.9 Å². The topological polar surface area (TPSA) is 46.4 Å². The number of rotatable bonds is 1. The molecule has 0 aromatic rings. The molecule has 1 atom stereocenters. The zero-order chi connectivity index (χ0) is 8.27. The van der Waals surface area contributed by atoms with E-state index in [4.69, 9.17) is 0 Å². The molecular formula is C7H14N3O. The van der Waals surface area contributed by atoms with Gasteiger partial charge in [0.1, 0.15) is 0 Å². The van der Waals surface area contributed by atoms with E-state index in [-0.39, 0.29) is 11.8 Å². The van der Waals surface area contributed by atoms with Crippen molar-refractivity contribution in [2.75, 3.05) is 27.2 Å². The molecule has 1 radical (unpaired) electrons. The molecule has 1 fully saturated rings. The Morgan fingerprint density at radius 3 is 2.82 bits per heavy atom. The molecule has 0 spiro atoms. The van der Waals surface area contributed by atoms with Crippen LogP contribution < -0.4 is 10.9 Å². The monoisotopic (exact) mass is 156 g/mol. The molecular weight excluding hydrogens is 142 g/mol. The predicted molar refractivity (Wildman–Crippen MR) is 41.8 cm³/mol. The summed E-state index contributed by atoms with van der Waals surface area (Å²) in [6.45, 7) is 1.45. The molecule has 1 N–H and O–H groups in total. The lowest BCUT2D eigenvalue weighted by Crippen LogP contribution is -2.44. The Balaban J connectivity index is 2.39. The lowest BCUT2D eigenvalue weighted by molar-refractivity contribution is -0.133. The minimum atomic E-state index is 0.127. The van der Waals surface area contributed by atoms with Crippen LogP contribution in [-0.4, -0.2) is 38.0 Å². The number of hydrogen-bond donors (Lipinski definition) is 1. The molecule has 4 heteroatoms. The van der Waals surface area contributed by atoms with Gasteiger partial charge in [-0.05, 0) is 6.42 Å². The van der Waals surface area contributed by atoms with Gasteiger partial charge in [0.15, 0.2) is 0 Å². The molecule has 1 amide bonds. The highest BCUT2D eigenvalue weighted by atomic mass is 16.2. The van der Waals surface area contributed by atoms with Gasteiger partial charge in [0, 0.05) is 27.2 Å². The summed E-state index contributed by atoms with van der Waals surface area (Å²) in [5.41, 5.74) is 6.80. The van der Waals surface area contributed by atoms with Crippen LogP contribution in [0, 0.1) is 5.92 Å². The first-order chi connectivity index (χ1) is 5.22. The molecule has 0 saturated carbocycles. The summed E-state index contributed by atoms with van der Waals surface area (Å²) < 4.78 is 0. The highest BCUT2D eigenvalue weighted by molar-refractivity contribution is 5.78. The summed E-state index contributed by atoms with van der Waals surface area (Å²) in [5, 5.41) is 0. The third kappa shape index (κ3) is 2.17. The highest BCUT2D eigenvalue weighted by Gasteiger charge is 2.22. The molecule has 1 aliphatic rings. The molecule has 1 unspecified atom stereocenters. The van der Waals surface area contributed by atoms with Gasteiger partial charge in [-0.3, -0.25) is 4.79 Å². The first-order valence-corrected chi connectivity index (χ1v) is 3.82. The van der Waals surface area contributed by atoms with Crippen LogP contribution in [0.4, 0.5) is 0 Å². The van der Waals surface area contributed by atoms with Gasteiger partial charge in [0.2, 0.25) is 5.91 Å². The molecule has 0 aromatic carbocycles. The van der Waals surface area contributed by atoms with Gasteiger partial charge in [0.25, 0.3) is 0 Å². The molecule has 1 saturated heterocycles. The van der Waals surface area contributed by atoms with E-state index < -0.39 is 0 Å². The van der Waals surface area contributed by atoms with Crippen LogP contribution in [-0.2, 0) is 4.79 Å². The SMILES string of the molecule is CN(C)C(=O)C1CC[N]NC1. The minimum Gasteiger partial charge on any atom is -0.349 e. The summed E-state index contributed by atoms with van der Waals surface area (Å²) in [6.07, 6.45) is 0.879. The van der Waals surface area contributed by atoms with E-state index >= 15 is 0 Å². The van der Waals surface area contributed by atoms with Crippen molar-refractivity contribution in [3.05, 3.63) is 0 Å². The number of hydrogen-bond acceptors (Lipinski definition) is 2. The Morgan fingerprint density at radius 1 is 1.64 bits per heavy atom. The number of amides is 1. The van der Waals surface area contributed by atoms with E-state index in [1.807, 2.05) is 0 Å². The summed E-state index contributed by atoms with van der Waals surface area (Å²) in [7, 11) is 3.57. The number of carbonyl (C=O) groups excluding carboxylic acids is 1. The molecule has 0 aromatic heterocycles. The van der Waals surface area contributed by atoms with Crippen molar-refractivity contribution in [2.24, 2.45) is 5.92 Å². The zero-order valence-electron chi connectivity index (χ0n) is 7.00. The van der Waals surface area contributed by atoms with Crippen molar-refractivity contribution < 1.29 is 4.79 Å². The van der Waals surface area contributed by atoms with Crippen molar-refractivity contribution in [3.8, 4) is 0 Å². The minimum absolute atomic E-state index is 0.127. The maximum absolute atomic E-state index is 11.3. The van der Waals surface area contributed by atoms with Crippen LogP contribution >= 0.6 is 0 Å². The second kappa shape index (κ2) is 3.69. The fourth-order valence-corrected chi connectivity index (χ4v) is 1.15. The summed E-state index contributed by atoms with van der Waals surface area (Å²) in [4.78, 5) is 13.0.